The second-order valence-corrected chi connectivity index (χ2v) is 6.07. The zero-order valence-corrected chi connectivity index (χ0v) is 11.6. The van der Waals surface area contributed by atoms with Crippen LogP contribution in [0.25, 0.3) is 0 Å². The molecule has 0 unspecified atom stereocenters. The number of hydrogen-bond donors (Lipinski definition) is 0. The summed E-state index contributed by atoms with van der Waals surface area (Å²) in [7, 11) is 0. The first-order valence-corrected chi connectivity index (χ1v) is 6.55. The van der Waals surface area contributed by atoms with Gasteiger partial charge in [-0.05, 0) is 30.4 Å². The molecule has 2 nitrogen and oxygen atoms in total. The van der Waals surface area contributed by atoms with Crippen LogP contribution in [0.1, 0.15) is 32.3 Å². The first kappa shape index (κ1) is 14.4. The van der Waals surface area contributed by atoms with Gasteiger partial charge in [-0.2, -0.15) is 13.2 Å². The molecular weight excluding hydrogens is 277 g/mol. The van der Waals surface area contributed by atoms with Gasteiger partial charge in [0.25, 0.3) is 0 Å². The normalized spacial score (nSPS) is 19.6. The lowest BCUT2D eigenvalue weighted by Crippen LogP contribution is -2.37. The maximum Gasteiger partial charge on any atom is 0.416 e. The molecule has 1 fully saturated rings. The molecule has 0 amide bonds. The molecule has 1 aromatic heterocycles. The Morgan fingerprint density at radius 1 is 1.21 bits per heavy atom. The van der Waals surface area contributed by atoms with E-state index in [4.69, 9.17) is 11.6 Å². The minimum atomic E-state index is -4.39. The molecule has 1 aliphatic rings. The van der Waals surface area contributed by atoms with Gasteiger partial charge in [0, 0.05) is 13.1 Å². The zero-order valence-electron chi connectivity index (χ0n) is 10.9. The highest BCUT2D eigenvalue weighted by Gasteiger charge is 2.33. The van der Waals surface area contributed by atoms with Gasteiger partial charge in [-0.25, -0.2) is 4.98 Å². The molecule has 0 aromatic carbocycles. The topological polar surface area (TPSA) is 16.1 Å². The molecule has 19 heavy (non-hydrogen) atoms. The second kappa shape index (κ2) is 4.85. The summed E-state index contributed by atoms with van der Waals surface area (Å²) in [4.78, 5) is 5.88. The molecule has 106 valence electrons. The Morgan fingerprint density at radius 3 is 2.32 bits per heavy atom. The van der Waals surface area contributed by atoms with Crippen LogP contribution >= 0.6 is 11.6 Å². The average Bonchev–Trinajstić information content (AvgIpc) is 2.26. The van der Waals surface area contributed by atoms with Crippen molar-refractivity contribution in [1.82, 2.24) is 4.98 Å². The molecule has 1 aliphatic heterocycles. The predicted molar refractivity (Wildman–Crippen MR) is 69.5 cm³/mol. The van der Waals surface area contributed by atoms with E-state index in [0.29, 0.717) is 18.9 Å². The number of alkyl halides is 3. The lowest BCUT2D eigenvalue weighted by molar-refractivity contribution is -0.137. The zero-order chi connectivity index (χ0) is 14.3. The fourth-order valence-electron chi connectivity index (χ4n) is 2.15. The van der Waals surface area contributed by atoms with E-state index in [0.717, 1.165) is 25.0 Å². The predicted octanol–water partition coefficient (Wildman–Crippen LogP) is 4.38. The minimum Gasteiger partial charge on any atom is -0.357 e. The fraction of sp³-hybridized carbons (Fsp3) is 0.615. The maximum absolute atomic E-state index is 12.7. The minimum absolute atomic E-state index is 0.116. The Morgan fingerprint density at radius 2 is 1.79 bits per heavy atom. The number of hydrogen-bond acceptors (Lipinski definition) is 2. The Kier molecular flexibility index (Phi) is 3.69. The highest BCUT2D eigenvalue weighted by Crippen LogP contribution is 2.35. The summed E-state index contributed by atoms with van der Waals surface area (Å²) < 4.78 is 38.2. The van der Waals surface area contributed by atoms with E-state index in [-0.39, 0.29) is 10.6 Å². The summed E-state index contributed by atoms with van der Waals surface area (Å²) in [5, 5.41) is -0.116. The van der Waals surface area contributed by atoms with Crippen molar-refractivity contribution < 1.29 is 13.2 Å². The van der Waals surface area contributed by atoms with Crippen molar-refractivity contribution in [3.8, 4) is 0 Å². The SMILES string of the molecule is CC1(C)CCN(c2cc(C(F)(F)F)cc(Cl)n2)CC1. The lowest BCUT2D eigenvalue weighted by Gasteiger charge is -2.37. The molecule has 0 spiro atoms. The van der Waals surface area contributed by atoms with Crippen LogP contribution in [0.15, 0.2) is 12.1 Å². The van der Waals surface area contributed by atoms with Crippen LogP contribution in [0.2, 0.25) is 5.15 Å². The Balaban J connectivity index is 2.24. The number of piperidine rings is 1. The van der Waals surface area contributed by atoms with Crippen molar-refractivity contribution in [2.24, 2.45) is 5.41 Å². The molecular formula is C13H16ClF3N2. The molecule has 0 atom stereocenters. The van der Waals surface area contributed by atoms with Crippen LogP contribution in [0.5, 0.6) is 0 Å². The number of aromatic nitrogens is 1. The third kappa shape index (κ3) is 3.53. The maximum atomic E-state index is 12.7. The van der Waals surface area contributed by atoms with Crippen molar-refractivity contribution in [3.63, 3.8) is 0 Å². The molecule has 1 aromatic rings. The van der Waals surface area contributed by atoms with Crippen LogP contribution in [0.4, 0.5) is 19.0 Å². The van der Waals surface area contributed by atoms with Crippen molar-refractivity contribution >= 4 is 17.4 Å². The Labute approximate surface area is 115 Å². The van der Waals surface area contributed by atoms with E-state index in [1.807, 2.05) is 4.90 Å². The molecule has 2 rings (SSSR count). The number of halogens is 4. The summed E-state index contributed by atoms with van der Waals surface area (Å²) in [6.45, 7) is 5.74. The summed E-state index contributed by atoms with van der Waals surface area (Å²) in [6.07, 6.45) is -2.53. The van der Waals surface area contributed by atoms with Gasteiger partial charge < -0.3 is 4.90 Å². The van der Waals surface area contributed by atoms with Gasteiger partial charge in [0.15, 0.2) is 0 Å². The lowest BCUT2D eigenvalue weighted by atomic mass is 9.83. The third-order valence-corrected chi connectivity index (χ3v) is 3.74. The van der Waals surface area contributed by atoms with E-state index in [1.54, 1.807) is 0 Å². The van der Waals surface area contributed by atoms with Crippen LogP contribution in [-0.4, -0.2) is 18.1 Å². The number of pyridine rings is 1. The van der Waals surface area contributed by atoms with E-state index in [9.17, 15) is 13.2 Å². The largest absolute Gasteiger partial charge is 0.416 e. The van der Waals surface area contributed by atoms with Crippen LogP contribution in [0.3, 0.4) is 0 Å². The molecule has 0 N–H and O–H groups in total. The summed E-state index contributed by atoms with van der Waals surface area (Å²) >= 11 is 5.69. The smallest absolute Gasteiger partial charge is 0.357 e. The van der Waals surface area contributed by atoms with Crippen LogP contribution in [-0.2, 0) is 6.18 Å². The van der Waals surface area contributed by atoms with Crippen molar-refractivity contribution in [1.29, 1.82) is 0 Å². The van der Waals surface area contributed by atoms with Crippen LogP contribution in [0, 0.1) is 5.41 Å². The molecule has 0 bridgehead atoms. The van der Waals surface area contributed by atoms with Gasteiger partial charge in [0.05, 0.1) is 5.56 Å². The molecule has 1 saturated heterocycles. The van der Waals surface area contributed by atoms with E-state index in [1.165, 1.54) is 0 Å². The van der Waals surface area contributed by atoms with Crippen LogP contribution < -0.4 is 4.90 Å². The van der Waals surface area contributed by atoms with Gasteiger partial charge in [-0.3, -0.25) is 0 Å². The summed E-state index contributed by atoms with van der Waals surface area (Å²) in [6, 6.07) is 1.93. The van der Waals surface area contributed by atoms with Crippen molar-refractivity contribution in [2.75, 3.05) is 18.0 Å². The monoisotopic (exact) mass is 292 g/mol. The first-order chi connectivity index (χ1) is 8.67. The van der Waals surface area contributed by atoms with E-state index in [2.05, 4.69) is 18.8 Å². The number of nitrogens with zero attached hydrogens (tertiary/aromatic N) is 2. The number of anilines is 1. The standard InChI is InChI=1S/C13H16ClF3N2/c1-12(2)3-5-19(6-4-12)11-8-9(13(15,16)17)7-10(14)18-11/h7-8H,3-6H2,1-2H3. The van der Waals surface area contributed by atoms with Gasteiger partial charge in [-0.15, -0.1) is 0 Å². The van der Waals surface area contributed by atoms with E-state index >= 15 is 0 Å². The summed E-state index contributed by atoms with van der Waals surface area (Å²) in [5.74, 6) is 0.315. The van der Waals surface area contributed by atoms with E-state index < -0.39 is 11.7 Å². The highest BCUT2D eigenvalue weighted by atomic mass is 35.5. The van der Waals surface area contributed by atoms with Gasteiger partial charge in [0.1, 0.15) is 11.0 Å². The molecule has 0 aliphatic carbocycles. The molecule has 0 saturated carbocycles. The Bertz CT molecular complexity index is 461. The molecule has 6 heteroatoms. The average molecular weight is 293 g/mol. The summed E-state index contributed by atoms with van der Waals surface area (Å²) in [5.41, 5.74) is -0.505. The highest BCUT2D eigenvalue weighted by molar-refractivity contribution is 6.29. The third-order valence-electron chi connectivity index (χ3n) is 3.55. The molecule has 0 radical (unpaired) electrons. The Hall–Kier alpha value is -0.970. The van der Waals surface area contributed by atoms with Crippen molar-refractivity contribution in [3.05, 3.63) is 22.8 Å². The second-order valence-electron chi connectivity index (χ2n) is 5.69. The van der Waals surface area contributed by atoms with Gasteiger partial charge in [-0.1, -0.05) is 25.4 Å². The van der Waals surface area contributed by atoms with Gasteiger partial charge in [0.2, 0.25) is 0 Å². The number of rotatable bonds is 1. The van der Waals surface area contributed by atoms with Crippen molar-refractivity contribution in [2.45, 2.75) is 32.9 Å². The molecule has 2 heterocycles. The quantitative estimate of drug-likeness (QED) is 0.714. The fourth-order valence-corrected chi connectivity index (χ4v) is 2.35. The van der Waals surface area contributed by atoms with Gasteiger partial charge >= 0.3 is 6.18 Å². The first-order valence-electron chi connectivity index (χ1n) is 6.17.